The minimum atomic E-state index is -2.22. The molecule has 0 atom stereocenters. The number of rotatable bonds is 4. The average Bonchev–Trinajstić information content (AvgIpc) is 2.01. The first-order valence-corrected chi connectivity index (χ1v) is 4.92. The first-order chi connectivity index (χ1) is 4.74. The molecule has 52 valence electrons. The van der Waals surface area contributed by atoms with Crippen LogP contribution in [0.25, 0.3) is 0 Å². The Bertz CT molecular complexity index is 182. The van der Waals surface area contributed by atoms with E-state index in [4.69, 9.17) is 0 Å². The molecule has 0 radical (unpaired) electrons. The Hall–Kier alpha value is -1.18. The molecule has 0 aliphatic rings. The van der Waals surface area contributed by atoms with Gasteiger partial charge in [0.2, 0.25) is 6.08 Å². The zero-order valence-electron chi connectivity index (χ0n) is 5.71. The van der Waals surface area contributed by atoms with Crippen LogP contribution in [0.15, 0.2) is 41.5 Å². The molecule has 10 heavy (non-hydrogen) atoms. The summed E-state index contributed by atoms with van der Waals surface area (Å²) in [6, 6.07) is 0. The van der Waals surface area contributed by atoms with E-state index in [9.17, 15) is 4.79 Å². The summed E-state index contributed by atoms with van der Waals surface area (Å²) in [5, 5.41) is 0. The van der Waals surface area contributed by atoms with Gasteiger partial charge in [-0.25, -0.2) is 9.45 Å². The summed E-state index contributed by atoms with van der Waals surface area (Å²) in [5.74, 6) is 0. The first-order valence-electron chi connectivity index (χ1n) is 2.74. The smallest absolute Gasteiger partial charge is 0.232 e. The number of isocyanates is 1. The molecule has 0 unspecified atom stereocenters. The maximum absolute atomic E-state index is 9.90. The van der Waals surface area contributed by atoms with Gasteiger partial charge >= 0.3 is 0 Å². The van der Waals surface area contributed by atoms with E-state index >= 15 is 0 Å². The predicted octanol–water partition coefficient (Wildman–Crippen LogP) is 1.44. The van der Waals surface area contributed by atoms with Gasteiger partial charge in [-0.3, -0.25) is 0 Å². The summed E-state index contributed by atoms with van der Waals surface area (Å²) in [6.45, 7) is 10.6. The van der Waals surface area contributed by atoms with Gasteiger partial charge in [0, 0.05) is 0 Å². The fraction of sp³-hybridized carbons (Fsp3) is 0. The summed E-state index contributed by atoms with van der Waals surface area (Å²) in [7, 11) is -2.22. The molecule has 0 N–H and O–H groups in total. The molecule has 0 aliphatic carbocycles. The van der Waals surface area contributed by atoms with E-state index in [0.717, 1.165) is 0 Å². The molecule has 0 spiro atoms. The molecule has 0 aromatic heterocycles. The lowest BCUT2D eigenvalue weighted by molar-refractivity contribution is 0.566. The second-order valence-electron chi connectivity index (χ2n) is 1.70. The Morgan fingerprint density at radius 3 is 1.70 bits per heavy atom. The molecule has 0 heterocycles. The van der Waals surface area contributed by atoms with Crippen molar-refractivity contribution < 1.29 is 4.79 Å². The van der Waals surface area contributed by atoms with Crippen LogP contribution in [0.4, 0.5) is 0 Å². The van der Waals surface area contributed by atoms with E-state index in [0.29, 0.717) is 0 Å². The van der Waals surface area contributed by atoms with E-state index in [1.807, 2.05) is 0 Å². The van der Waals surface area contributed by atoms with Gasteiger partial charge in [0.25, 0.3) is 8.24 Å². The van der Waals surface area contributed by atoms with E-state index in [1.54, 1.807) is 17.1 Å². The standard InChI is InChI=1S/C7H9NOSi/c1-4-10(5-2,6-3)8-7-9/h4-6H,1-3H2. The summed E-state index contributed by atoms with van der Waals surface area (Å²) >= 11 is 0. The van der Waals surface area contributed by atoms with Crippen molar-refractivity contribution in [1.29, 1.82) is 0 Å². The third kappa shape index (κ3) is 1.65. The monoisotopic (exact) mass is 151 g/mol. The maximum atomic E-state index is 9.90. The summed E-state index contributed by atoms with van der Waals surface area (Å²) < 4.78 is 3.59. The van der Waals surface area contributed by atoms with Crippen LogP contribution in [0, 0.1) is 0 Å². The molecular weight excluding hydrogens is 142 g/mol. The summed E-state index contributed by atoms with van der Waals surface area (Å²) in [5.41, 5.74) is 4.83. The minimum Gasteiger partial charge on any atom is -0.232 e. The van der Waals surface area contributed by atoms with Crippen molar-refractivity contribution >= 4 is 14.3 Å². The van der Waals surface area contributed by atoms with Crippen LogP contribution >= 0.6 is 0 Å². The van der Waals surface area contributed by atoms with Gasteiger partial charge in [-0.05, 0) is 0 Å². The molecule has 3 heteroatoms. The van der Waals surface area contributed by atoms with Gasteiger partial charge in [0.15, 0.2) is 0 Å². The molecule has 0 saturated carbocycles. The SMILES string of the molecule is C=C[Si](C=C)(C=C)N=C=O. The maximum Gasteiger partial charge on any atom is 0.266 e. The molecule has 0 bridgehead atoms. The third-order valence-corrected chi connectivity index (χ3v) is 3.66. The van der Waals surface area contributed by atoms with Gasteiger partial charge in [0.05, 0.1) is 0 Å². The summed E-state index contributed by atoms with van der Waals surface area (Å²) in [4.78, 5) is 9.90. The van der Waals surface area contributed by atoms with Crippen molar-refractivity contribution in [2.45, 2.75) is 0 Å². The lowest BCUT2D eigenvalue weighted by atomic mass is 11.2. The van der Waals surface area contributed by atoms with Gasteiger partial charge in [0.1, 0.15) is 0 Å². The topological polar surface area (TPSA) is 29.4 Å². The third-order valence-electron chi connectivity index (χ3n) is 1.22. The molecule has 0 saturated heterocycles. The normalized spacial score (nSPS) is 9.20. The number of hydrogen-bond donors (Lipinski definition) is 0. The lowest BCUT2D eigenvalue weighted by Crippen LogP contribution is -2.23. The zero-order valence-corrected chi connectivity index (χ0v) is 6.71. The quantitative estimate of drug-likeness (QED) is 0.339. The predicted molar refractivity (Wildman–Crippen MR) is 44.5 cm³/mol. The average molecular weight is 151 g/mol. The number of nitrogens with zero attached hydrogens (tertiary/aromatic N) is 1. The Morgan fingerprint density at radius 1 is 1.20 bits per heavy atom. The lowest BCUT2D eigenvalue weighted by Gasteiger charge is -2.07. The number of carbonyl (C=O) groups excluding carboxylic acids is 1. The van der Waals surface area contributed by atoms with Crippen LogP contribution in [-0.2, 0) is 4.79 Å². The molecular formula is C7H9NOSi. The van der Waals surface area contributed by atoms with Crippen LogP contribution in [0.1, 0.15) is 0 Å². The van der Waals surface area contributed by atoms with Crippen LogP contribution in [-0.4, -0.2) is 14.3 Å². The summed E-state index contributed by atoms with van der Waals surface area (Å²) in [6.07, 6.45) is 1.48. The molecule has 0 rings (SSSR count). The van der Waals surface area contributed by atoms with Crippen LogP contribution < -0.4 is 0 Å². The van der Waals surface area contributed by atoms with Crippen molar-refractivity contribution in [3.05, 3.63) is 36.8 Å². The molecule has 0 fully saturated rings. The van der Waals surface area contributed by atoms with Crippen molar-refractivity contribution in [3.8, 4) is 0 Å². The Morgan fingerprint density at radius 2 is 1.60 bits per heavy atom. The van der Waals surface area contributed by atoms with Crippen LogP contribution in [0.5, 0.6) is 0 Å². The minimum absolute atomic E-state index is 1.48. The second-order valence-corrected chi connectivity index (χ2v) is 4.93. The van der Waals surface area contributed by atoms with Crippen molar-refractivity contribution in [2.75, 3.05) is 0 Å². The fourth-order valence-electron chi connectivity index (χ4n) is 0.466. The fourth-order valence-corrected chi connectivity index (χ4v) is 1.40. The molecule has 0 amide bonds. The first kappa shape index (κ1) is 8.82. The van der Waals surface area contributed by atoms with Crippen molar-refractivity contribution in [3.63, 3.8) is 0 Å². The highest BCUT2D eigenvalue weighted by atomic mass is 28.3. The Kier molecular flexibility index (Phi) is 3.32. The molecule has 2 nitrogen and oxygen atoms in total. The Labute approximate surface area is 61.4 Å². The molecule has 0 aliphatic heterocycles. The van der Waals surface area contributed by atoms with Gasteiger partial charge in [-0.15, -0.1) is 19.7 Å². The van der Waals surface area contributed by atoms with Crippen molar-refractivity contribution in [2.24, 2.45) is 4.66 Å². The second kappa shape index (κ2) is 3.77. The van der Waals surface area contributed by atoms with E-state index in [-0.39, 0.29) is 0 Å². The Balaban J connectivity index is 4.79. The van der Waals surface area contributed by atoms with E-state index < -0.39 is 8.24 Å². The zero-order chi connectivity index (χ0) is 8.04. The highest BCUT2D eigenvalue weighted by Gasteiger charge is 2.20. The van der Waals surface area contributed by atoms with Gasteiger partial charge in [-0.2, -0.15) is 0 Å². The van der Waals surface area contributed by atoms with Crippen LogP contribution in [0.3, 0.4) is 0 Å². The largest absolute Gasteiger partial charge is 0.266 e. The van der Waals surface area contributed by atoms with Crippen molar-refractivity contribution in [1.82, 2.24) is 0 Å². The van der Waals surface area contributed by atoms with E-state index in [1.165, 1.54) is 6.08 Å². The highest BCUT2D eigenvalue weighted by molar-refractivity contribution is 6.92. The van der Waals surface area contributed by atoms with E-state index in [2.05, 4.69) is 24.4 Å². The van der Waals surface area contributed by atoms with Gasteiger partial charge in [-0.1, -0.05) is 17.1 Å². The van der Waals surface area contributed by atoms with Crippen LogP contribution in [0.2, 0.25) is 0 Å². The molecule has 0 aromatic carbocycles. The highest BCUT2D eigenvalue weighted by Crippen LogP contribution is 2.06. The number of hydrogen-bond acceptors (Lipinski definition) is 2. The molecule has 0 aromatic rings. The van der Waals surface area contributed by atoms with Gasteiger partial charge < -0.3 is 0 Å².